The maximum atomic E-state index is 12.3. The SMILES string of the molecule is COC(=O)CCC(=O)SCCNC(=O)CCNC(=O)[C@@H]1OC(=O)C(=O)OCC1(C)C. The van der Waals surface area contributed by atoms with Crippen LogP contribution in [0.2, 0.25) is 0 Å². The number of nitrogens with one attached hydrogen (secondary N) is 2. The summed E-state index contributed by atoms with van der Waals surface area (Å²) in [5.41, 5.74) is -0.925. The van der Waals surface area contributed by atoms with Gasteiger partial charge in [0.05, 0.1) is 13.5 Å². The third kappa shape index (κ3) is 8.80. The molecule has 0 aromatic carbocycles. The fraction of sp³-hybridized carbons (Fsp3) is 0.667. The lowest BCUT2D eigenvalue weighted by atomic mass is 9.87. The number of thioether (sulfide) groups is 1. The molecule has 0 aliphatic carbocycles. The van der Waals surface area contributed by atoms with Crippen molar-refractivity contribution in [1.29, 1.82) is 0 Å². The predicted octanol–water partition coefficient (Wildman–Crippen LogP) is -0.683. The fourth-order valence-corrected chi connectivity index (χ4v) is 3.00. The molecule has 0 saturated carbocycles. The van der Waals surface area contributed by atoms with Crippen LogP contribution in [0.4, 0.5) is 0 Å². The van der Waals surface area contributed by atoms with Gasteiger partial charge in [0.25, 0.3) is 5.91 Å². The molecule has 1 fully saturated rings. The zero-order valence-corrected chi connectivity index (χ0v) is 17.9. The Morgan fingerprint density at radius 1 is 1.07 bits per heavy atom. The molecule has 12 heteroatoms. The average Bonchev–Trinajstić information content (AvgIpc) is 2.80. The Morgan fingerprint density at radius 3 is 2.43 bits per heavy atom. The van der Waals surface area contributed by atoms with Crippen molar-refractivity contribution in [2.75, 3.05) is 32.6 Å². The third-order valence-corrected chi connectivity index (χ3v) is 4.95. The number of hydrogen-bond acceptors (Lipinski definition) is 10. The monoisotopic (exact) mass is 446 g/mol. The number of carbonyl (C=O) groups is 6. The Morgan fingerprint density at radius 2 is 1.77 bits per heavy atom. The summed E-state index contributed by atoms with van der Waals surface area (Å²) in [6.07, 6.45) is -1.17. The van der Waals surface area contributed by atoms with Crippen LogP contribution in [0.15, 0.2) is 0 Å². The molecule has 1 heterocycles. The summed E-state index contributed by atoms with van der Waals surface area (Å²) in [6.45, 7) is 3.30. The normalized spacial score (nSPS) is 17.8. The van der Waals surface area contributed by atoms with Gasteiger partial charge in [-0.2, -0.15) is 0 Å². The molecule has 0 radical (unpaired) electrons. The van der Waals surface area contributed by atoms with E-state index in [1.165, 1.54) is 7.11 Å². The van der Waals surface area contributed by atoms with E-state index in [4.69, 9.17) is 9.47 Å². The highest BCUT2D eigenvalue weighted by Crippen LogP contribution is 2.27. The summed E-state index contributed by atoms with van der Waals surface area (Å²) in [5, 5.41) is 4.92. The van der Waals surface area contributed by atoms with Gasteiger partial charge in [-0.15, -0.1) is 0 Å². The molecular weight excluding hydrogens is 420 g/mol. The smallest absolute Gasteiger partial charge is 0.418 e. The second kappa shape index (κ2) is 12.2. The molecule has 30 heavy (non-hydrogen) atoms. The van der Waals surface area contributed by atoms with Crippen molar-refractivity contribution < 1.29 is 43.0 Å². The van der Waals surface area contributed by atoms with Crippen molar-refractivity contribution in [3.8, 4) is 0 Å². The molecule has 1 atom stereocenters. The maximum Gasteiger partial charge on any atom is 0.418 e. The first-order valence-electron chi connectivity index (χ1n) is 9.21. The van der Waals surface area contributed by atoms with E-state index in [1.54, 1.807) is 13.8 Å². The summed E-state index contributed by atoms with van der Waals surface area (Å²) < 4.78 is 14.1. The highest BCUT2D eigenvalue weighted by molar-refractivity contribution is 8.13. The van der Waals surface area contributed by atoms with Crippen molar-refractivity contribution in [2.24, 2.45) is 5.41 Å². The molecular formula is C18H26N2O9S. The van der Waals surface area contributed by atoms with Crippen molar-refractivity contribution in [3.63, 3.8) is 0 Å². The van der Waals surface area contributed by atoms with Crippen molar-refractivity contribution in [3.05, 3.63) is 0 Å². The van der Waals surface area contributed by atoms with Crippen molar-refractivity contribution in [2.45, 2.75) is 39.2 Å². The number of cyclic esters (lactones) is 2. The van der Waals surface area contributed by atoms with Crippen LogP contribution in [-0.4, -0.2) is 73.5 Å². The Kier molecular flexibility index (Phi) is 10.3. The lowest BCUT2D eigenvalue weighted by molar-refractivity contribution is -0.168. The van der Waals surface area contributed by atoms with Gasteiger partial charge in [0.2, 0.25) is 5.91 Å². The van der Waals surface area contributed by atoms with E-state index in [2.05, 4.69) is 15.4 Å². The number of rotatable bonds is 10. The van der Waals surface area contributed by atoms with E-state index in [9.17, 15) is 28.8 Å². The average molecular weight is 446 g/mol. The molecule has 1 rings (SSSR count). The molecule has 1 aliphatic heterocycles. The molecule has 1 aliphatic rings. The zero-order chi connectivity index (χ0) is 22.7. The standard InChI is InChI=1S/C18H26N2O9S/c1-18(2)10-28-16(25)17(26)29-14(18)15(24)20-7-6-11(21)19-8-9-30-13(23)5-4-12(22)27-3/h14H,4-10H2,1-3H3,(H,19,21)(H,20,24)/t14-/m0/s1. The Hall–Kier alpha value is -2.63. The van der Waals surface area contributed by atoms with Gasteiger partial charge < -0.3 is 24.8 Å². The third-order valence-electron chi connectivity index (χ3n) is 4.01. The Balaban J connectivity index is 2.26. The minimum absolute atomic E-state index is 0.00516. The first-order valence-corrected chi connectivity index (χ1v) is 10.2. The molecule has 0 aromatic heterocycles. The summed E-state index contributed by atoms with van der Waals surface area (Å²) in [6, 6.07) is 0. The number of esters is 3. The van der Waals surface area contributed by atoms with Crippen molar-refractivity contribution >= 4 is 46.6 Å². The lowest BCUT2D eigenvalue weighted by Gasteiger charge is -2.28. The molecule has 0 bridgehead atoms. The van der Waals surface area contributed by atoms with E-state index in [0.29, 0.717) is 5.75 Å². The van der Waals surface area contributed by atoms with Crippen LogP contribution in [-0.2, 0) is 43.0 Å². The van der Waals surface area contributed by atoms with Crippen molar-refractivity contribution in [1.82, 2.24) is 10.6 Å². The molecule has 0 spiro atoms. The summed E-state index contributed by atoms with van der Waals surface area (Å²) in [7, 11) is 1.25. The lowest BCUT2D eigenvalue weighted by Crippen LogP contribution is -2.47. The summed E-state index contributed by atoms with van der Waals surface area (Å²) in [5.74, 6) is -3.48. The van der Waals surface area contributed by atoms with E-state index in [1.807, 2.05) is 0 Å². The van der Waals surface area contributed by atoms with E-state index in [-0.39, 0.29) is 50.0 Å². The summed E-state index contributed by atoms with van der Waals surface area (Å²) in [4.78, 5) is 69.4. The minimum Gasteiger partial charge on any atom is -0.469 e. The number of ether oxygens (including phenoxy) is 3. The topological polar surface area (TPSA) is 154 Å². The van der Waals surface area contributed by atoms with Crippen LogP contribution in [0.25, 0.3) is 0 Å². The van der Waals surface area contributed by atoms with Gasteiger partial charge >= 0.3 is 17.9 Å². The van der Waals surface area contributed by atoms with Crippen LogP contribution in [0.5, 0.6) is 0 Å². The number of methoxy groups -OCH3 is 1. The first-order chi connectivity index (χ1) is 14.1. The Labute approximate surface area is 177 Å². The largest absolute Gasteiger partial charge is 0.469 e. The van der Waals surface area contributed by atoms with Gasteiger partial charge in [0.15, 0.2) is 11.2 Å². The first kappa shape index (κ1) is 25.4. The molecule has 0 aromatic rings. The van der Waals surface area contributed by atoms with Crippen LogP contribution >= 0.6 is 11.8 Å². The molecule has 168 valence electrons. The molecule has 11 nitrogen and oxygen atoms in total. The van der Waals surface area contributed by atoms with Gasteiger partial charge in [0.1, 0.15) is 6.61 Å². The number of amides is 2. The van der Waals surface area contributed by atoms with Gasteiger partial charge in [-0.1, -0.05) is 25.6 Å². The quantitative estimate of drug-likeness (QED) is 0.191. The van der Waals surface area contributed by atoms with Crippen LogP contribution in [0.3, 0.4) is 0 Å². The minimum atomic E-state index is -1.24. The molecule has 0 unspecified atom stereocenters. The van der Waals surface area contributed by atoms with Gasteiger partial charge in [0, 0.05) is 37.1 Å². The van der Waals surface area contributed by atoms with Gasteiger partial charge in [-0.3, -0.25) is 19.2 Å². The number of hydrogen-bond donors (Lipinski definition) is 2. The zero-order valence-electron chi connectivity index (χ0n) is 17.1. The molecule has 1 saturated heterocycles. The van der Waals surface area contributed by atoms with Crippen LogP contribution in [0.1, 0.15) is 33.1 Å². The highest BCUT2D eigenvalue weighted by atomic mass is 32.2. The van der Waals surface area contributed by atoms with E-state index >= 15 is 0 Å². The van der Waals surface area contributed by atoms with E-state index < -0.39 is 35.3 Å². The second-order valence-corrected chi connectivity index (χ2v) is 8.19. The van der Waals surface area contributed by atoms with Gasteiger partial charge in [-0.05, 0) is 0 Å². The maximum absolute atomic E-state index is 12.3. The molecule has 2 N–H and O–H groups in total. The van der Waals surface area contributed by atoms with E-state index in [0.717, 1.165) is 11.8 Å². The van der Waals surface area contributed by atoms with Crippen LogP contribution < -0.4 is 10.6 Å². The second-order valence-electron chi connectivity index (χ2n) is 7.04. The predicted molar refractivity (Wildman–Crippen MR) is 104 cm³/mol. The highest BCUT2D eigenvalue weighted by Gasteiger charge is 2.44. The fourth-order valence-electron chi connectivity index (χ4n) is 2.32. The van der Waals surface area contributed by atoms with Gasteiger partial charge in [-0.25, -0.2) is 9.59 Å². The molecule has 2 amide bonds. The Bertz CT molecular complexity index is 693. The number of carbonyl (C=O) groups excluding carboxylic acids is 6. The van der Waals surface area contributed by atoms with Crippen LogP contribution in [0, 0.1) is 5.41 Å². The summed E-state index contributed by atoms with van der Waals surface area (Å²) >= 11 is 1.00.